The molecule has 0 spiro atoms. The molecule has 2 saturated heterocycles. The van der Waals surface area contributed by atoms with Gasteiger partial charge in [0.25, 0.3) is 10.0 Å². The van der Waals surface area contributed by atoms with E-state index in [9.17, 15) is 27.6 Å². The van der Waals surface area contributed by atoms with Crippen molar-refractivity contribution in [3.63, 3.8) is 0 Å². The first kappa shape index (κ1) is 33.1. The van der Waals surface area contributed by atoms with Crippen LogP contribution >= 0.6 is 7.82 Å². The molecule has 2 aromatic rings. The van der Waals surface area contributed by atoms with Crippen molar-refractivity contribution >= 4 is 23.9 Å². The van der Waals surface area contributed by atoms with Gasteiger partial charge in [0.15, 0.2) is 17.8 Å². The van der Waals surface area contributed by atoms with Crippen molar-refractivity contribution < 1.29 is 60.6 Å². The summed E-state index contributed by atoms with van der Waals surface area (Å²) < 4.78 is 73.8. The minimum absolute atomic E-state index is 0.0122. The van der Waals surface area contributed by atoms with Crippen LogP contribution in [0, 0.1) is 5.92 Å². The standard InChI is InChI=1S/C29H37N2O13PS/c32-29(42-27-17-39-28-22(27)12-13-38-28)30-23(14-19-6-2-1-3-7-19)26(44-45(33,34)35)16-31(43-20-8-4-5-9-20)46(36,37)21-10-11-24-25(15-21)41-18-40-24/h1-3,6-7,10-11,15,20,22-23,26-28H,4-5,8-9,12-14,16-18H2,(H,30,32)(H2,33,34,35)/t22-,23-,26?,27-,28+/m0/s1. The van der Waals surface area contributed by atoms with Gasteiger partial charge in [-0.25, -0.2) is 17.8 Å². The highest BCUT2D eigenvalue weighted by Gasteiger charge is 2.45. The molecule has 1 unspecified atom stereocenters. The van der Waals surface area contributed by atoms with Gasteiger partial charge in [0.2, 0.25) is 6.79 Å². The monoisotopic (exact) mass is 684 g/mol. The van der Waals surface area contributed by atoms with Crippen molar-refractivity contribution in [3.8, 4) is 11.5 Å². The lowest BCUT2D eigenvalue weighted by Gasteiger charge is -2.33. The third-order valence-electron chi connectivity index (χ3n) is 8.37. The zero-order valence-electron chi connectivity index (χ0n) is 24.8. The maximum Gasteiger partial charge on any atom is 0.469 e. The largest absolute Gasteiger partial charge is 0.469 e. The van der Waals surface area contributed by atoms with Gasteiger partial charge in [-0.05, 0) is 43.4 Å². The molecule has 1 aliphatic carbocycles. The Labute approximate surface area is 266 Å². The molecule has 3 heterocycles. The lowest BCUT2D eigenvalue weighted by Crippen LogP contribution is -2.52. The van der Waals surface area contributed by atoms with E-state index < -0.39 is 61.1 Å². The summed E-state index contributed by atoms with van der Waals surface area (Å²) in [7, 11) is -9.69. The lowest BCUT2D eigenvalue weighted by molar-refractivity contribution is -0.144. The number of hydrogen-bond donors (Lipinski definition) is 3. The van der Waals surface area contributed by atoms with Crippen LogP contribution < -0.4 is 14.8 Å². The SMILES string of the molecule is O=C(N[C@@H](Cc1ccccc1)C(CN(OC1CCCC1)S(=O)(=O)c1ccc2c(c1)OCO2)OP(=O)(O)O)O[C@H]1CO[C@H]2OCC[C@H]21. The van der Waals surface area contributed by atoms with Gasteiger partial charge >= 0.3 is 13.9 Å². The Hall–Kier alpha value is -2.79. The number of rotatable bonds is 13. The van der Waals surface area contributed by atoms with E-state index in [2.05, 4.69) is 5.32 Å². The van der Waals surface area contributed by atoms with Crippen molar-refractivity contribution in [1.29, 1.82) is 0 Å². The number of hydroxylamine groups is 1. The van der Waals surface area contributed by atoms with Gasteiger partial charge in [0.05, 0.1) is 42.7 Å². The molecule has 0 aromatic heterocycles. The van der Waals surface area contributed by atoms with Crippen LogP contribution in [-0.4, -0.2) is 86.0 Å². The highest BCUT2D eigenvalue weighted by atomic mass is 32.2. The highest BCUT2D eigenvalue weighted by molar-refractivity contribution is 7.89. The number of phosphoric ester groups is 1. The van der Waals surface area contributed by atoms with E-state index in [0.29, 0.717) is 41.7 Å². The first-order valence-electron chi connectivity index (χ1n) is 15.1. The molecule has 0 radical (unpaired) electrons. The van der Waals surface area contributed by atoms with Crippen LogP contribution in [0.4, 0.5) is 4.79 Å². The Bertz CT molecular complexity index is 1520. The first-order valence-corrected chi connectivity index (χ1v) is 18.1. The van der Waals surface area contributed by atoms with Gasteiger partial charge in [0.1, 0.15) is 12.2 Å². The van der Waals surface area contributed by atoms with E-state index in [0.717, 1.165) is 12.8 Å². The van der Waals surface area contributed by atoms with Crippen molar-refractivity contribution in [2.45, 2.75) is 74.1 Å². The van der Waals surface area contributed by atoms with Gasteiger partial charge < -0.3 is 38.8 Å². The Kier molecular flexibility index (Phi) is 10.2. The van der Waals surface area contributed by atoms with Crippen molar-refractivity contribution in [2.24, 2.45) is 5.92 Å². The highest BCUT2D eigenvalue weighted by Crippen LogP contribution is 2.40. The molecule has 15 nitrogen and oxygen atoms in total. The second-order valence-electron chi connectivity index (χ2n) is 11.6. The number of hydrogen-bond acceptors (Lipinski definition) is 11. The van der Waals surface area contributed by atoms with E-state index in [-0.39, 0.29) is 36.4 Å². The minimum atomic E-state index is -5.24. The van der Waals surface area contributed by atoms with E-state index >= 15 is 0 Å². The van der Waals surface area contributed by atoms with E-state index in [1.165, 1.54) is 18.2 Å². The van der Waals surface area contributed by atoms with Gasteiger partial charge in [-0.15, -0.1) is 0 Å². The summed E-state index contributed by atoms with van der Waals surface area (Å²) in [6, 6.07) is 11.7. The summed E-state index contributed by atoms with van der Waals surface area (Å²) in [5, 5.41) is 2.68. The van der Waals surface area contributed by atoms with Gasteiger partial charge in [-0.3, -0.25) is 9.36 Å². The van der Waals surface area contributed by atoms with Crippen LogP contribution in [0.3, 0.4) is 0 Å². The molecule has 17 heteroatoms. The number of carbonyl (C=O) groups excluding carboxylic acids is 1. The Morgan fingerprint density at radius 2 is 1.80 bits per heavy atom. The number of fused-ring (bicyclic) bond motifs is 2. The number of alkyl carbamates (subject to hydrolysis) is 1. The van der Waals surface area contributed by atoms with E-state index in [4.69, 9.17) is 33.0 Å². The molecule has 0 bridgehead atoms. The van der Waals surface area contributed by atoms with Crippen molar-refractivity contribution in [1.82, 2.24) is 9.79 Å². The number of sulfonamides is 1. The number of nitrogens with one attached hydrogen (secondary N) is 1. The number of phosphoric acid groups is 1. The molecule has 1 amide bonds. The van der Waals surface area contributed by atoms with Crippen LogP contribution in [0.15, 0.2) is 53.4 Å². The summed E-state index contributed by atoms with van der Waals surface area (Å²) in [5.41, 5.74) is 0.683. The lowest BCUT2D eigenvalue weighted by atomic mass is 10.0. The topological polar surface area (TPSA) is 189 Å². The molecule has 252 valence electrons. The maximum atomic E-state index is 14.1. The molecule has 1 saturated carbocycles. The summed E-state index contributed by atoms with van der Waals surface area (Å²) in [5.74, 6) is 0.448. The first-order chi connectivity index (χ1) is 22.0. The zero-order valence-corrected chi connectivity index (χ0v) is 26.6. The van der Waals surface area contributed by atoms with Gasteiger partial charge in [0, 0.05) is 6.07 Å². The third-order valence-corrected chi connectivity index (χ3v) is 10.5. The molecular weight excluding hydrogens is 647 g/mol. The average Bonchev–Trinajstić information content (AvgIpc) is 3.83. The molecule has 6 rings (SSSR count). The van der Waals surface area contributed by atoms with Gasteiger partial charge in [-0.1, -0.05) is 47.6 Å². The summed E-state index contributed by atoms with van der Waals surface area (Å²) >= 11 is 0. The second-order valence-corrected chi connectivity index (χ2v) is 14.6. The number of benzene rings is 2. The molecule has 3 fully saturated rings. The smallest absolute Gasteiger partial charge is 0.454 e. The van der Waals surface area contributed by atoms with Gasteiger partial charge in [-0.2, -0.15) is 0 Å². The molecule has 3 aliphatic heterocycles. The predicted molar refractivity (Wildman–Crippen MR) is 158 cm³/mol. The fourth-order valence-corrected chi connectivity index (χ4v) is 7.96. The Balaban J connectivity index is 1.30. The summed E-state index contributed by atoms with van der Waals surface area (Å²) in [6.45, 7) is -0.142. The van der Waals surface area contributed by atoms with Crippen molar-refractivity contribution in [2.75, 3.05) is 26.6 Å². The molecule has 5 atom stereocenters. The minimum Gasteiger partial charge on any atom is -0.454 e. The molecule has 3 N–H and O–H groups in total. The zero-order chi connectivity index (χ0) is 32.3. The molecule has 46 heavy (non-hydrogen) atoms. The van der Waals surface area contributed by atoms with Crippen LogP contribution in [-0.2, 0) is 44.6 Å². The Morgan fingerprint density at radius 3 is 2.57 bits per heavy atom. The fraction of sp³-hybridized carbons (Fsp3) is 0.552. The fourth-order valence-electron chi connectivity index (χ4n) is 6.08. The predicted octanol–water partition coefficient (Wildman–Crippen LogP) is 2.86. The van der Waals surface area contributed by atoms with Crippen LogP contribution in [0.25, 0.3) is 0 Å². The van der Waals surface area contributed by atoms with E-state index in [1.54, 1.807) is 30.3 Å². The third kappa shape index (κ3) is 8.01. The number of ether oxygens (including phenoxy) is 5. The summed E-state index contributed by atoms with van der Waals surface area (Å²) in [6.07, 6.45) is -0.526. The quantitative estimate of drug-likeness (QED) is 0.207. The molecular formula is C29H37N2O13PS. The second kappa shape index (κ2) is 14.1. The summed E-state index contributed by atoms with van der Waals surface area (Å²) in [4.78, 5) is 39.0. The number of nitrogens with zero attached hydrogens (tertiary/aromatic N) is 1. The average molecular weight is 685 g/mol. The number of amides is 1. The van der Waals surface area contributed by atoms with Crippen molar-refractivity contribution in [3.05, 3.63) is 54.1 Å². The number of carbonyl (C=O) groups is 1. The van der Waals surface area contributed by atoms with E-state index in [1.807, 2.05) is 0 Å². The molecule has 4 aliphatic rings. The van der Waals surface area contributed by atoms with Crippen LogP contribution in [0.5, 0.6) is 11.5 Å². The molecule has 2 aromatic carbocycles. The normalized spacial score (nSPS) is 24.2. The maximum absolute atomic E-state index is 14.1. The van der Waals surface area contributed by atoms with Crippen LogP contribution in [0.1, 0.15) is 37.7 Å². The Morgan fingerprint density at radius 1 is 1.04 bits per heavy atom. The van der Waals surface area contributed by atoms with Crippen LogP contribution in [0.2, 0.25) is 0 Å².